The highest BCUT2D eigenvalue weighted by atomic mass is 16.6. The highest BCUT2D eigenvalue weighted by Gasteiger charge is 2.13. The predicted octanol–water partition coefficient (Wildman–Crippen LogP) is 3.17. The quantitative estimate of drug-likeness (QED) is 0.670. The van der Waals surface area contributed by atoms with Gasteiger partial charge in [-0.3, -0.25) is 10.1 Å². The first-order valence-electron chi connectivity index (χ1n) is 6.23. The molecule has 0 spiro atoms. The molecule has 20 heavy (non-hydrogen) atoms. The van der Waals surface area contributed by atoms with Crippen LogP contribution >= 0.6 is 0 Å². The van der Waals surface area contributed by atoms with E-state index in [9.17, 15) is 10.1 Å². The van der Waals surface area contributed by atoms with Crippen LogP contribution in [0.4, 0.5) is 17.1 Å². The standard InChI is InChI=1S/C14H17N3O3/c1-10-4-5-14(20-10)9-16(3)12-6-11(15-2)7-13(8-12)17(18)19/h4-8,15H,9H2,1-3H3. The van der Waals surface area contributed by atoms with E-state index in [1.807, 2.05) is 37.1 Å². The summed E-state index contributed by atoms with van der Waals surface area (Å²) in [6.45, 7) is 2.44. The number of anilines is 2. The van der Waals surface area contributed by atoms with Gasteiger partial charge in [0.05, 0.1) is 11.5 Å². The van der Waals surface area contributed by atoms with Gasteiger partial charge in [0.1, 0.15) is 11.5 Å². The van der Waals surface area contributed by atoms with Crippen LogP contribution in [0, 0.1) is 17.0 Å². The molecule has 0 aliphatic heterocycles. The van der Waals surface area contributed by atoms with E-state index in [1.54, 1.807) is 13.1 Å². The molecule has 0 aliphatic rings. The van der Waals surface area contributed by atoms with Gasteiger partial charge in [0.15, 0.2) is 0 Å². The van der Waals surface area contributed by atoms with Crippen molar-refractivity contribution in [3.63, 3.8) is 0 Å². The van der Waals surface area contributed by atoms with Crippen molar-refractivity contribution in [2.75, 3.05) is 24.3 Å². The average molecular weight is 275 g/mol. The molecule has 106 valence electrons. The Hall–Kier alpha value is -2.50. The summed E-state index contributed by atoms with van der Waals surface area (Å²) in [4.78, 5) is 12.5. The Morgan fingerprint density at radius 3 is 2.65 bits per heavy atom. The van der Waals surface area contributed by atoms with Crippen LogP contribution in [0.15, 0.2) is 34.7 Å². The fourth-order valence-corrected chi connectivity index (χ4v) is 1.96. The minimum Gasteiger partial charge on any atom is -0.464 e. The second-order valence-electron chi connectivity index (χ2n) is 4.61. The van der Waals surface area contributed by atoms with Crippen LogP contribution in [0.5, 0.6) is 0 Å². The molecular formula is C14H17N3O3. The molecular weight excluding hydrogens is 258 g/mol. The van der Waals surface area contributed by atoms with Gasteiger partial charge in [-0.15, -0.1) is 0 Å². The molecule has 0 amide bonds. The Kier molecular flexibility index (Phi) is 3.93. The summed E-state index contributed by atoms with van der Waals surface area (Å²) in [5, 5.41) is 13.9. The predicted molar refractivity (Wildman–Crippen MR) is 78.2 cm³/mol. The van der Waals surface area contributed by atoms with Crippen molar-refractivity contribution in [3.8, 4) is 0 Å². The van der Waals surface area contributed by atoms with Gasteiger partial charge < -0.3 is 14.6 Å². The molecule has 0 aliphatic carbocycles. The number of hydrogen-bond donors (Lipinski definition) is 1. The summed E-state index contributed by atoms with van der Waals surface area (Å²) in [5.41, 5.74) is 1.53. The van der Waals surface area contributed by atoms with Gasteiger partial charge in [0.2, 0.25) is 0 Å². The summed E-state index contributed by atoms with van der Waals surface area (Å²) in [6, 6.07) is 8.73. The molecule has 1 aromatic carbocycles. The smallest absolute Gasteiger partial charge is 0.273 e. The van der Waals surface area contributed by atoms with Gasteiger partial charge in [0.25, 0.3) is 5.69 Å². The molecule has 6 nitrogen and oxygen atoms in total. The number of aryl methyl sites for hydroxylation is 1. The topological polar surface area (TPSA) is 71.5 Å². The van der Waals surface area contributed by atoms with Crippen molar-refractivity contribution in [3.05, 3.63) is 52.0 Å². The van der Waals surface area contributed by atoms with Crippen LogP contribution in [-0.4, -0.2) is 19.0 Å². The zero-order chi connectivity index (χ0) is 14.7. The Morgan fingerprint density at radius 2 is 2.10 bits per heavy atom. The fourth-order valence-electron chi connectivity index (χ4n) is 1.96. The zero-order valence-corrected chi connectivity index (χ0v) is 11.7. The number of nitro groups is 1. The summed E-state index contributed by atoms with van der Waals surface area (Å²) < 4.78 is 5.52. The van der Waals surface area contributed by atoms with Gasteiger partial charge in [-0.05, 0) is 25.1 Å². The first-order chi connectivity index (χ1) is 9.49. The monoisotopic (exact) mass is 275 g/mol. The fraction of sp³-hybridized carbons (Fsp3) is 0.286. The Bertz CT molecular complexity index is 622. The van der Waals surface area contributed by atoms with Crippen LogP contribution in [-0.2, 0) is 6.54 Å². The number of rotatable bonds is 5. The van der Waals surface area contributed by atoms with E-state index in [1.165, 1.54) is 6.07 Å². The lowest BCUT2D eigenvalue weighted by Gasteiger charge is -2.18. The van der Waals surface area contributed by atoms with E-state index in [2.05, 4.69) is 5.32 Å². The van der Waals surface area contributed by atoms with E-state index in [0.29, 0.717) is 12.2 Å². The Labute approximate surface area is 117 Å². The van der Waals surface area contributed by atoms with E-state index < -0.39 is 4.92 Å². The number of hydrogen-bond acceptors (Lipinski definition) is 5. The highest BCUT2D eigenvalue weighted by Crippen LogP contribution is 2.27. The third kappa shape index (κ3) is 3.09. The maximum Gasteiger partial charge on any atom is 0.273 e. The molecule has 2 rings (SSSR count). The third-order valence-corrected chi connectivity index (χ3v) is 3.03. The van der Waals surface area contributed by atoms with Gasteiger partial charge >= 0.3 is 0 Å². The second-order valence-corrected chi connectivity index (χ2v) is 4.61. The largest absolute Gasteiger partial charge is 0.464 e. The molecule has 0 bridgehead atoms. The van der Waals surface area contributed by atoms with Crippen molar-refractivity contribution in [1.82, 2.24) is 0 Å². The number of nitro benzene ring substituents is 1. The molecule has 1 aromatic heterocycles. The molecule has 0 saturated heterocycles. The average Bonchev–Trinajstić information content (AvgIpc) is 2.83. The summed E-state index contributed by atoms with van der Waals surface area (Å²) in [5.74, 6) is 1.67. The number of nitrogens with zero attached hydrogens (tertiary/aromatic N) is 2. The molecule has 0 fully saturated rings. The SMILES string of the molecule is CNc1cc(N(C)Cc2ccc(C)o2)cc([N+](=O)[O-])c1. The lowest BCUT2D eigenvalue weighted by molar-refractivity contribution is -0.384. The van der Waals surface area contributed by atoms with Crippen LogP contribution in [0.25, 0.3) is 0 Å². The maximum atomic E-state index is 10.9. The summed E-state index contributed by atoms with van der Waals surface area (Å²) in [6.07, 6.45) is 0. The first-order valence-corrected chi connectivity index (χ1v) is 6.23. The van der Waals surface area contributed by atoms with E-state index in [4.69, 9.17) is 4.42 Å². The normalized spacial score (nSPS) is 10.3. The number of furan rings is 1. The molecule has 2 aromatic rings. The van der Waals surface area contributed by atoms with Crippen LogP contribution in [0.2, 0.25) is 0 Å². The number of benzene rings is 1. The van der Waals surface area contributed by atoms with Gasteiger partial charge in [-0.2, -0.15) is 0 Å². The van der Waals surface area contributed by atoms with Crippen molar-refractivity contribution >= 4 is 17.1 Å². The molecule has 0 radical (unpaired) electrons. The molecule has 6 heteroatoms. The van der Waals surface area contributed by atoms with Crippen molar-refractivity contribution in [1.29, 1.82) is 0 Å². The Balaban J connectivity index is 2.26. The van der Waals surface area contributed by atoms with Crippen LogP contribution in [0.3, 0.4) is 0 Å². The molecule has 0 saturated carbocycles. The minimum absolute atomic E-state index is 0.0642. The number of non-ortho nitro benzene ring substituents is 1. The lowest BCUT2D eigenvalue weighted by Crippen LogP contribution is -2.16. The summed E-state index contributed by atoms with van der Waals surface area (Å²) in [7, 11) is 3.61. The van der Waals surface area contributed by atoms with Gasteiger partial charge in [0, 0.05) is 37.6 Å². The van der Waals surface area contributed by atoms with E-state index in [-0.39, 0.29) is 5.69 Å². The molecule has 0 atom stereocenters. The highest BCUT2D eigenvalue weighted by molar-refractivity contribution is 5.64. The Morgan fingerprint density at radius 1 is 1.35 bits per heavy atom. The minimum atomic E-state index is -0.394. The zero-order valence-electron chi connectivity index (χ0n) is 11.7. The van der Waals surface area contributed by atoms with Crippen LogP contribution in [0.1, 0.15) is 11.5 Å². The lowest BCUT2D eigenvalue weighted by atomic mass is 10.2. The van der Waals surface area contributed by atoms with E-state index >= 15 is 0 Å². The second kappa shape index (κ2) is 5.64. The van der Waals surface area contributed by atoms with Crippen LogP contribution < -0.4 is 10.2 Å². The summed E-state index contributed by atoms with van der Waals surface area (Å²) >= 11 is 0. The van der Waals surface area contributed by atoms with Crippen molar-refractivity contribution in [2.45, 2.75) is 13.5 Å². The molecule has 1 N–H and O–H groups in total. The van der Waals surface area contributed by atoms with Crippen molar-refractivity contribution < 1.29 is 9.34 Å². The van der Waals surface area contributed by atoms with Crippen molar-refractivity contribution in [2.24, 2.45) is 0 Å². The number of nitrogens with one attached hydrogen (secondary N) is 1. The first kappa shape index (κ1) is 13.9. The molecule has 0 unspecified atom stereocenters. The van der Waals surface area contributed by atoms with Gasteiger partial charge in [-0.25, -0.2) is 0 Å². The third-order valence-electron chi connectivity index (χ3n) is 3.03. The maximum absolute atomic E-state index is 10.9. The molecule has 1 heterocycles. The van der Waals surface area contributed by atoms with Gasteiger partial charge in [-0.1, -0.05) is 0 Å². The van der Waals surface area contributed by atoms with E-state index in [0.717, 1.165) is 17.2 Å².